The Bertz CT molecular complexity index is 348. The largest absolute Gasteiger partial charge is 0.477 e. The predicted octanol–water partition coefficient (Wildman–Crippen LogP) is 2.11. The zero-order chi connectivity index (χ0) is 11.3. The maximum atomic E-state index is 5.67. The molecule has 0 bridgehead atoms. The Morgan fingerprint density at radius 2 is 2.27 bits per heavy atom. The summed E-state index contributed by atoms with van der Waals surface area (Å²) in [6.45, 7) is 8.69. The van der Waals surface area contributed by atoms with Crippen LogP contribution in [-0.2, 0) is 6.54 Å². The van der Waals surface area contributed by atoms with E-state index in [1.807, 2.05) is 26.0 Å². The highest BCUT2D eigenvalue weighted by Crippen LogP contribution is 2.20. The molecule has 0 aromatic carbocycles. The van der Waals surface area contributed by atoms with Gasteiger partial charge in [0.15, 0.2) is 0 Å². The topological polar surface area (TPSA) is 48.1 Å². The number of nitrogens with zero attached hydrogens (tertiary/aromatic N) is 1. The van der Waals surface area contributed by atoms with Crippen molar-refractivity contribution >= 4 is 0 Å². The van der Waals surface area contributed by atoms with Gasteiger partial charge in [-0.15, -0.1) is 6.58 Å². The molecule has 0 saturated heterocycles. The second-order valence-corrected chi connectivity index (χ2v) is 3.49. The van der Waals surface area contributed by atoms with Crippen LogP contribution in [0.5, 0.6) is 5.88 Å². The molecule has 1 rings (SSSR count). The van der Waals surface area contributed by atoms with Gasteiger partial charge in [-0.3, -0.25) is 0 Å². The van der Waals surface area contributed by atoms with E-state index in [2.05, 4.69) is 11.6 Å². The zero-order valence-electron chi connectivity index (χ0n) is 9.42. The molecule has 2 N–H and O–H groups in total. The minimum Gasteiger partial charge on any atom is -0.477 e. The molecule has 15 heavy (non-hydrogen) atoms. The van der Waals surface area contributed by atoms with E-state index in [9.17, 15) is 0 Å². The molecule has 1 aromatic heterocycles. The van der Waals surface area contributed by atoms with Gasteiger partial charge in [0.2, 0.25) is 5.88 Å². The van der Waals surface area contributed by atoms with Crippen molar-refractivity contribution in [1.82, 2.24) is 4.98 Å². The number of aryl methyl sites for hydroxylation is 2. The summed E-state index contributed by atoms with van der Waals surface area (Å²) in [5, 5.41) is 0. The smallest absolute Gasteiger partial charge is 0.218 e. The fourth-order valence-electron chi connectivity index (χ4n) is 1.44. The van der Waals surface area contributed by atoms with E-state index in [0.717, 1.165) is 23.2 Å². The number of hydrogen-bond donors (Lipinski definition) is 1. The number of pyridine rings is 1. The molecule has 3 heteroatoms. The maximum Gasteiger partial charge on any atom is 0.218 e. The SMILES string of the molecule is C=CCCOc1nc(C)cc(C)c1CN. The number of hydrogen-bond acceptors (Lipinski definition) is 3. The van der Waals surface area contributed by atoms with E-state index < -0.39 is 0 Å². The second kappa shape index (κ2) is 5.51. The minimum atomic E-state index is 0.461. The summed E-state index contributed by atoms with van der Waals surface area (Å²) in [5.41, 5.74) is 8.75. The van der Waals surface area contributed by atoms with Crippen molar-refractivity contribution in [2.45, 2.75) is 26.8 Å². The fraction of sp³-hybridized carbons (Fsp3) is 0.417. The molecule has 1 aromatic rings. The molecular weight excluding hydrogens is 188 g/mol. The van der Waals surface area contributed by atoms with Crippen LogP contribution >= 0.6 is 0 Å². The molecule has 3 nitrogen and oxygen atoms in total. The number of rotatable bonds is 5. The summed E-state index contributed by atoms with van der Waals surface area (Å²) < 4.78 is 5.57. The third-order valence-corrected chi connectivity index (χ3v) is 2.20. The van der Waals surface area contributed by atoms with Gasteiger partial charge in [-0.25, -0.2) is 4.98 Å². The molecule has 0 spiro atoms. The van der Waals surface area contributed by atoms with Gasteiger partial charge in [0.1, 0.15) is 0 Å². The van der Waals surface area contributed by atoms with Crippen molar-refractivity contribution in [2.75, 3.05) is 6.61 Å². The maximum absolute atomic E-state index is 5.67. The Balaban J connectivity index is 2.88. The van der Waals surface area contributed by atoms with Crippen LogP contribution in [0.15, 0.2) is 18.7 Å². The Kier molecular flexibility index (Phi) is 4.31. The molecular formula is C12H18N2O. The van der Waals surface area contributed by atoms with E-state index in [-0.39, 0.29) is 0 Å². The van der Waals surface area contributed by atoms with E-state index in [0.29, 0.717) is 19.0 Å². The summed E-state index contributed by atoms with van der Waals surface area (Å²) >= 11 is 0. The quantitative estimate of drug-likeness (QED) is 0.593. The van der Waals surface area contributed by atoms with Crippen molar-refractivity contribution in [2.24, 2.45) is 5.73 Å². The monoisotopic (exact) mass is 206 g/mol. The lowest BCUT2D eigenvalue weighted by Gasteiger charge is -2.11. The van der Waals surface area contributed by atoms with E-state index in [1.54, 1.807) is 0 Å². The van der Waals surface area contributed by atoms with Gasteiger partial charge in [0, 0.05) is 17.8 Å². The number of ether oxygens (including phenoxy) is 1. The highest BCUT2D eigenvalue weighted by Gasteiger charge is 2.07. The second-order valence-electron chi connectivity index (χ2n) is 3.49. The lowest BCUT2D eigenvalue weighted by Crippen LogP contribution is -2.08. The molecule has 0 aliphatic carbocycles. The summed E-state index contributed by atoms with van der Waals surface area (Å²) in [5.74, 6) is 0.664. The summed E-state index contributed by atoms with van der Waals surface area (Å²) in [6.07, 6.45) is 2.64. The van der Waals surface area contributed by atoms with Gasteiger partial charge in [-0.1, -0.05) is 6.08 Å². The Morgan fingerprint density at radius 3 is 2.87 bits per heavy atom. The summed E-state index contributed by atoms with van der Waals surface area (Å²) in [4.78, 5) is 4.34. The Hall–Kier alpha value is -1.35. The van der Waals surface area contributed by atoms with Crippen LogP contribution in [0.3, 0.4) is 0 Å². The van der Waals surface area contributed by atoms with Crippen LogP contribution in [0, 0.1) is 13.8 Å². The Morgan fingerprint density at radius 1 is 1.53 bits per heavy atom. The van der Waals surface area contributed by atoms with Crippen LogP contribution in [0.25, 0.3) is 0 Å². The van der Waals surface area contributed by atoms with Gasteiger partial charge in [0.25, 0.3) is 0 Å². The molecule has 0 unspecified atom stereocenters. The first kappa shape index (κ1) is 11.7. The summed E-state index contributed by atoms with van der Waals surface area (Å²) in [6, 6.07) is 2.02. The molecule has 1 heterocycles. The van der Waals surface area contributed by atoms with Gasteiger partial charge >= 0.3 is 0 Å². The van der Waals surface area contributed by atoms with Crippen LogP contribution in [0.1, 0.15) is 23.2 Å². The zero-order valence-corrected chi connectivity index (χ0v) is 9.42. The standard InChI is InChI=1S/C12H18N2O/c1-4-5-6-15-12-11(8-13)9(2)7-10(3)14-12/h4,7H,1,5-6,8,13H2,2-3H3. The van der Waals surface area contributed by atoms with Crippen LogP contribution in [0.4, 0.5) is 0 Å². The van der Waals surface area contributed by atoms with Crippen LogP contribution in [-0.4, -0.2) is 11.6 Å². The highest BCUT2D eigenvalue weighted by molar-refractivity contribution is 5.35. The van der Waals surface area contributed by atoms with Crippen molar-refractivity contribution in [3.8, 4) is 5.88 Å². The minimum absolute atomic E-state index is 0.461. The number of aromatic nitrogens is 1. The fourth-order valence-corrected chi connectivity index (χ4v) is 1.44. The lowest BCUT2D eigenvalue weighted by atomic mass is 10.1. The first-order valence-electron chi connectivity index (χ1n) is 5.10. The average Bonchev–Trinajstić information content (AvgIpc) is 2.17. The van der Waals surface area contributed by atoms with Crippen molar-refractivity contribution in [1.29, 1.82) is 0 Å². The van der Waals surface area contributed by atoms with Gasteiger partial charge < -0.3 is 10.5 Å². The van der Waals surface area contributed by atoms with Gasteiger partial charge in [-0.05, 0) is 31.9 Å². The van der Waals surface area contributed by atoms with E-state index >= 15 is 0 Å². The molecule has 0 amide bonds. The van der Waals surface area contributed by atoms with Gasteiger partial charge in [0.05, 0.1) is 6.61 Å². The Labute approximate surface area is 91.0 Å². The molecule has 0 saturated carbocycles. The van der Waals surface area contributed by atoms with Crippen molar-refractivity contribution in [3.63, 3.8) is 0 Å². The molecule has 82 valence electrons. The average molecular weight is 206 g/mol. The van der Waals surface area contributed by atoms with Crippen molar-refractivity contribution < 1.29 is 4.74 Å². The van der Waals surface area contributed by atoms with Crippen LogP contribution in [0.2, 0.25) is 0 Å². The van der Waals surface area contributed by atoms with Crippen molar-refractivity contribution in [3.05, 3.63) is 35.5 Å². The molecule has 0 atom stereocenters. The van der Waals surface area contributed by atoms with E-state index in [1.165, 1.54) is 0 Å². The third-order valence-electron chi connectivity index (χ3n) is 2.20. The van der Waals surface area contributed by atoms with Crippen LogP contribution < -0.4 is 10.5 Å². The normalized spacial score (nSPS) is 10.1. The molecule has 0 aliphatic rings. The predicted molar refractivity (Wildman–Crippen MR) is 61.9 cm³/mol. The number of nitrogens with two attached hydrogens (primary N) is 1. The third kappa shape index (κ3) is 3.06. The molecule has 0 radical (unpaired) electrons. The summed E-state index contributed by atoms with van der Waals surface area (Å²) in [7, 11) is 0. The molecule has 0 fully saturated rings. The highest BCUT2D eigenvalue weighted by atomic mass is 16.5. The van der Waals surface area contributed by atoms with E-state index in [4.69, 9.17) is 10.5 Å². The molecule has 0 aliphatic heterocycles. The lowest BCUT2D eigenvalue weighted by molar-refractivity contribution is 0.308. The van der Waals surface area contributed by atoms with Gasteiger partial charge in [-0.2, -0.15) is 0 Å². The first-order chi connectivity index (χ1) is 7.19. The first-order valence-corrected chi connectivity index (χ1v) is 5.10.